The molecule has 0 radical (unpaired) electrons. The van der Waals surface area contributed by atoms with Crippen LogP contribution >= 0.6 is 0 Å². The average Bonchev–Trinajstić information content (AvgIpc) is 1.60. The van der Waals surface area contributed by atoms with Crippen LogP contribution in [0.4, 0.5) is 0 Å². The van der Waals surface area contributed by atoms with E-state index in [0.717, 1.165) is 137 Å². The van der Waals surface area contributed by atoms with Gasteiger partial charge < -0.3 is 53.9 Å². The molecule has 8 aromatic rings. The fourth-order valence-corrected chi connectivity index (χ4v) is 14.8. The Balaban J connectivity index is 0.000000178. The third-order valence-electron chi connectivity index (χ3n) is 19.7. The predicted molar refractivity (Wildman–Crippen MR) is 358 cm³/mol. The second-order valence-electron chi connectivity index (χ2n) is 25.7. The molecule has 2 saturated heterocycles. The lowest BCUT2D eigenvalue weighted by Crippen LogP contribution is -2.45. The first-order valence-electron chi connectivity index (χ1n) is 33.0. The van der Waals surface area contributed by atoms with E-state index in [4.69, 9.17) is 9.47 Å². The molecule has 5 aliphatic rings. The van der Waals surface area contributed by atoms with E-state index in [1.54, 1.807) is 30.3 Å². The van der Waals surface area contributed by atoms with Gasteiger partial charge in [-0.15, -0.1) is 0 Å². The van der Waals surface area contributed by atoms with Gasteiger partial charge in [0, 0.05) is 55.0 Å². The summed E-state index contributed by atoms with van der Waals surface area (Å²) in [5.41, 5.74) is 12.4. The number of ether oxygens (including phenoxy) is 2. The van der Waals surface area contributed by atoms with Crippen molar-refractivity contribution in [3.05, 3.63) is 185 Å². The minimum absolute atomic E-state index is 0.000438. The number of allylic oxidation sites excluding steroid dienone is 1. The first-order valence-corrected chi connectivity index (χ1v) is 33.0. The van der Waals surface area contributed by atoms with E-state index >= 15 is 0 Å². The van der Waals surface area contributed by atoms with Crippen molar-refractivity contribution in [2.24, 2.45) is 0 Å². The number of hydrogen-bond donors (Lipinski definition) is 4. The van der Waals surface area contributed by atoms with Crippen molar-refractivity contribution < 1.29 is 48.8 Å². The van der Waals surface area contributed by atoms with E-state index in [1.165, 1.54) is 36.8 Å². The van der Waals surface area contributed by atoms with E-state index in [-0.39, 0.29) is 42.6 Å². The number of benzene rings is 6. The van der Waals surface area contributed by atoms with E-state index in [1.807, 2.05) is 88.7 Å². The number of amides is 3. The summed E-state index contributed by atoms with van der Waals surface area (Å²) in [6.45, 7) is 4.37. The largest absolute Gasteiger partial charge is 0.508 e. The number of rotatable bonds is 18. The summed E-state index contributed by atoms with van der Waals surface area (Å²) in [6.07, 6.45) is 16.0. The number of carbonyl (C=O) groups is 5. The van der Waals surface area contributed by atoms with Gasteiger partial charge in [-0.3, -0.25) is 14.4 Å². The summed E-state index contributed by atoms with van der Waals surface area (Å²) in [6, 6.07) is 43.9. The Hall–Kier alpha value is -8.99. The number of morpholine rings is 1. The number of carboxylic acid groups (broad SMARTS) is 2. The monoisotopic (exact) mass is 1240 g/mol. The Kier molecular flexibility index (Phi) is 19.7. The molecule has 16 heteroatoms. The van der Waals surface area contributed by atoms with Gasteiger partial charge >= 0.3 is 11.9 Å². The first kappa shape index (κ1) is 63.2. The molecule has 2 aromatic heterocycles. The van der Waals surface area contributed by atoms with Crippen molar-refractivity contribution in [2.45, 2.75) is 134 Å². The molecule has 92 heavy (non-hydrogen) atoms. The van der Waals surface area contributed by atoms with Crippen LogP contribution < -0.4 is 10.1 Å². The number of carboxylic acids is 2. The maximum absolute atomic E-state index is 13.9. The Labute approximate surface area is 538 Å². The highest BCUT2D eigenvalue weighted by Crippen LogP contribution is 2.47. The quantitative estimate of drug-likeness (QED) is 0.0638. The van der Waals surface area contributed by atoms with Crippen molar-refractivity contribution in [1.82, 2.24) is 29.2 Å². The number of aromatic nitrogens is 2. The van der Waals surface area contributed by atoms with E-state index < -0.39 is 23.9 Å². The summed E-state index contributed by atoms with van der Waals surface area (Å²) in [5.74, 6) is -0.921. The number of aromatic hydroxyl groups is 1. The molecule has 2 aliphatic heterocycles. The molecular weight excluding hydrogens is 1160 g/mol. The second-order valence-corrected chi connectivity index (χ2v) is 25.7. The molecule has 3 amide bonds. The summed E-state index contributed by atoms with van der Waals surface area (Å²) in [4.78, 5) is 72.0. The number of nitrogens with zero attached hydrogens (tertiary/aromatic N) is 5. The molecule has 2 saturated carbocycles. The molecule has 478 valence electrons. The van der Waals surface area contributed by atoms with Crippen molar-refractivity contribution in [3.63, 3.8) is 0 Å². The number of hydrogen-bond acceptors (Lipinski definition) is 9. The number of piperidine rings is 1. The van der Waals surface area contributed by atoms with Crippen LogP contribution in [0, 0.1) is 0 Å². The highest BCUT2D eigenvalue weighted by atomic mass is 16.5. The van der Waals surface area contributed by atoms with Crippen LogP contribution in [-0.4, -0.2) is 134 Å². The summed E-state index contributed by atoms with van der Waals surface area (Å²) in [7, 11) is 4.20. The van der Waals surface area contributed by atoms with E-state index in [2.05, 4.69) is 69.8 Å². The zero-order valence-electron chi connectivity index (χ0n) is 52.9. The number of aromatic carboxylic acids is 1. The van der Waals surface area contributed by atoms with E-state index in [9.17, 15) is 39.3 Å². The minimum atomic E-state index is -1.17. The molecule has 0 spiro atoms. The van der Waals surface area contributed by atoms with Gasteiger partial charge in [0.1, 0.15) is 37.2 Å². The van der Waals surface area contributed by atoms with Crippen LogP contribution in [0.3, 0.4) is 0 Å². The molecule has 16 nitrogen and oxygen atoms in total. The number of phenolic OH excluding ortho intramolecular Hbond substituents is 1. The van der Waals surface area contributed by atoms with Gasteiger partial charge in [0.05, 0.1) is 41.2 Å². The molecule has 13 rings (SSSR count). The smallest absolute Gasteiger partial charge is 0.335 e. The third-order valence-corrected chi connectivity index (χ3v) is 19.7. The molecule has 4 N–H and O–H groups in total. The highest BCUT2D eigenvalue weighted by molar-refractivity contribution is 6.03. The molecule has 4 heterocycles. The van der Waals surface area contributed by atoms with E-state index in [0.29, 0.717) is 62.8 Å². The maximum atomic E-state index is 13.9. The Bertz CT molecular complexity index is 3990. The van der Waals surface area contributed by atoms with Crippen molar-refractivity contribution in [2.75, 3.05) is 53.5 Å². The molecule has 3 aliphatic carbocycles. The number of likely N-dealkylation sites (tertiary alicyclic amines) is 1. The third kappa shape index (κ3) is 14.1. The predicted octanol–water partition coefficient (Wildman–Crippen LogP) is 13.3. The van der Waals surface area contributed by atoms with Crippen molar-refractivity contribution in [1.29, 1.82) is 0 Å². The number of fused-ring (bicyclic) bond motifs is 3. The van der Waals surface area contributed by atoms with Crippen LogP contribution in [0.15, 0.2) is 146 Å². The van der Waals surface area contributed by atoms with Crippen molar-refractivity contribution in [3.8, 4) is 34.0 Å². The molecular formula is C76H84N6O10. The van der Waals surface area contributed by atoms with Crippen LogP contribution in [-0.2, 0) is 45.2 Å². The Morgan fingerprint density at radius 3 is 1.72 bits per heavy atom. The van der Waals surface area contributed by atoms with Gasteiger partial charge in [0.25, 0.3) is 5.91 Å². The zero-order valence-corrected chi connectivity index (χ0v) is 52.9. The molecule has 0 bridgehead atoms. The molecule has 0 unspecified atom stereocenters. The lowest BCUT2D eigenvalue weighted by atomic mass is 9.81. The van der Waals surface area contributed by atoms with Gasteiger partial charge in [-0.25, -0.2) is 9.59 Å². The zero-order chi connectivity index (χ0) is 63.8. The fourth-order valence-electron chi connectivity index (χ4n) is 14.8. The first-order chi connectivity index (χ1) is 44.8. The highest BCUT2D eigenvalue weighted by Gasteiger charge is 2.33. The minimum Gasteiger partial charge on any atom is -0.508 e. The van der Waals surface area contributed by atoms with Crippen LogP contribution in [0.25, 0.3) is 49.9 Å². The summed E-state index contributed by atoms with van der Waals surface area (Å²) in [5, 5.41) is 34.9. The second kappa shape index (κ2) is 28.7. The SMILES string of the molecule is CN(C)C1CCN(C(=O)Cn2c(-c3ccc(OCc4ccccc4)cc3)c(C3CCCCC3)c3ccc(C(=O)O)cc32)CC1.O=C(N[C@@H](CC1=CCc2ccc(O)cc21)C(=O)O)c1ccc2c(C3CCCCC3)c(-c3ccccc3)n(CC(=O)N3CCOCC3)c2c1. The average molecular weight is 1240 g/mol. The maximum Gasteiger partial charge on any atom is 0.335 e. The number of nitrogens with one attached hydrogen (secondary N) is 1. The normalized spacial score (nSPS) is 16.8. The lowest BCUT2D eigenvalue weighted by molar-refractivity contribution is -0.139. The van der Waals surface area contributed by atoms with Crippen LogP contribution in [0.5, 0.6) is 11.5 Å². The molecule has 1 atom stereocenters. The standard InChI is InChI=1S/C39H41N3O6.C37H43N3O4/c43-30-15-13-25-11-12-28(32(25)23-30)21-33(39(46)47)40-38(45)29-14-16-31-34(22-29)42(24-35(44)41-17-19-48-20-18-41)37(27-9-5-2-6-10-27)36(31)26-7-3-1-4-8-26;1-38(2)30-19-21-39(22-20-30)34(41)24-40-33-23-29(37(42)43)15-18-32(33)35(27-11-7-4-8-12-27)36(40)28-13-16-31(17-14-28)44-25-26-9-5-3-6-10-26/h2,5-6,9-10,12-16,22-23,26,33,43H,1,3-4,7-8,11,17-21,24H2,(H,40,45)(H,46,47);3,5-6,9-10,13-18,23,27,30H,4,7-8,11-12,19-22,24-25H2,1-2H3,(H,42,43)/t33-;/m0./s1. The van der Waals surface area contributed by atoms with Gasteiger partial charge in [0.15, 0.2) is 0 Å². The Morgan fingerprint density at radius 1 is 0.609 bits per heavy atom. The number of aliphatic carboxylic acids is 1. The Morgan fingerprint density at radius 2 is 1.15 bits per heavy atom. The molecule has 6 aromatic carbocycles. The van der Waals surface area contributed by atoms with Crippen LogP contribution in [0.1, 0.15) is 144 Å². The molecule has 4 fully saturated rings. The van der Waals surface area contributed by atoms with Gasteiger partial charge in [-0.05, 0) is 176 Å². The van der Waals surface area contributed by atoms with Gasteiger partial charge in [-0.1, -0.05) is 123 Å². The number of carbonyl (C=O) groups excluding carboxylic acids is 3. The number of phenols is 1. The lowest BCUT2D eigenvalue weighted by Gasteiger charge is -2.35. The summed E-state index contributed by atoms with van der Waals surface area (Å²) < 4.78 is 15.8. The summed E-state index contributed by atoms with van der Waals surface area (Å²) >= 11 is 0. The fraction of sp³-hybridized carbons (Fsp3) is 0.382. The van der Waals surface area contributed by atoms with Gasteiger partial charge in [-0.2, -0.15) is 0 Å². The van der Waals surface area contributed by atoms with Gasteiger partial charge in [0.2, 0.25) is 11.8 Å². The topological polar surface area (TPSA) is 196 Å². The van der Waals surface area contributed by atoms with Crippen LogP contribution in [0.2, 0.25) is 0 Å². The van der Waals surface area contributed by atoms with Crippen molar-refractivity contribution >= 4 is 57.0 Å².